The Morgan fingerprint density at radius 3 is 2.73 bits per heavy atom. The number of rotatable bonds is 7. The normalized spacial score (nSPS) is 14.0. The van der Waals surface area contributed by atoms with Crippen LogP contribution < -0.4 is 10.1 Å². The van der Waals surface area contributed by atoms with Gasteiger partial charge in [-0.05, 0) is 42.2 Å². The molecule has 2 amide bonds. The molecule has 7 nitrogen and oxygen atoms in total. The minimum atomic E-state index is -4.56. The summed E-state index contributed by atoms with van der Waals surface area (Å²) in [7, 11) is 0. The zero-order valence-electron chi connectivity index (χ0n) is 17.8. The molecule has 0 unspecified atom stereocenters. The first kappa shape index (κ1) is 24.5. The number of aromatic nitrogens is 1. The number of carbonyl (C=O) groups is 1. The topological polar surface area (TPSA) is 83.9 Å². The van der Waals surface area contributed by atoms with Gasteiger partial charge in [0.2, 0.25) is 0 Å². The minimum absolute atomic E-state index is 0.0187. The standard InChI is InChI=1S/C22H22ClF3N4O3/c1-2-9-33-19-11-16(3-4-17(19)22(24,25)26)29-21(31)30-7-5-15(6-8-30)20-18(23)10-14(12-27-20)13-28-32/h3-5,10-12H,2,6-9,13H2,1H3,(H,29,31). The van der Waals surface area contributed by atoms with Gasteiger partial charge < -0.3 is 15.0 Å². The summed E-state index contributed by atoms with van der Waals surface area (Å²) in [5.74, 6) is -0.322. The van der Waals surface area contributed by atoms with Crippen molar-refractivity contribution >= 4 is 28.9 Å². The van der Waals surface area contributed by atoms with E-state index in [4.69, 9.17) is 16.3 Å². The molecule has 1 aliphatic heterocycles. The van der Waals surface area contributed by atoms with Gasteiger partial charge in [0.05, 0.1) is 22.9 Å². The number of amides is 2. The van der Waals surface area contributed by atoms with Gasteiger partial charge in [0, 0.05) is 31.0 Å². The third-order valence-corrected chi connectivity index (χ3v) is 5.23. The van der Waals surface area contributed by atoms with E-state index in [0.29, 0.717) is 35.7 Å². The lowest BCUT2D eigenvalue weighted by Gasteiger charge is -2.27. The number of ether oxygens (including phenoxy) is 1. The van der Waals surface area contributed by atoms with Crippen LogP contribution in [0.5, 0.6) is 5.75 Å². The number of halogens is 4. The number of benzene rings is 1. The Hall–Kier alpha value is -3.14. The zero-order valence-corrected chi connectivity index (χ0v) is 18.5. The molecule has 1 N–H and O–H groups in total. The fourth-order valence-corrected chi connectivity index (χ4v) is 3.62. The summed E-state index contributed by atoms with van der Waals surface area (Å²) in [6.07, 6.45) is -0.172. The number of hydrogen-bond donors (Lipinski definition) is 1. The Bertz CT molecular complexity index is 1060. The van der Waals surface area contributed by atoms with E-state index in [1.807, 2.05) is 6.08 Å². The minimum Gasteiger partial charge on any atom is -0.493 e. The molecule has 0 spiro atoms. The van der Waals surface area contributed by atoms with Gasteiger partial charge in [-0.25, -0.2) is 4.79 Å². The third kappa shape index (κ3) is 6.22. The van der Waals surface area contributed by atoms with Gasteiger partial charge >= 0.3 is 12.2 Å². The smallest absolute Gasteiger partial charge is 0.419 e. The molecule has 0 atom stereocenters. The van der Waals surface area contributed by atoms with Crippen LogP contribution in [0.2, 0.25) is 5.02 Å². The second kappa shape index (κ2) is 10.7. The summed E-state index contributed by atoms with van der Waals surface area (Å²) in [6.45, 7) is 2.54. The maximum Gasteiger partial charge on any atom is 0.419 e. The van der Waals surface area contributed by atoms with Crippen molar-refractivity contribution in [1.82, 2.24) is 9.88 Å². The average molecular weight is 483 g/mol. The van der Waals surface area contributed by atoms with Crippen molar-refractivity contribution in [3.05, 3.63) is 63.3 Å². The Morgan fingerprint density at radius 1 is 1.33 bits per heavy atom. The SMILES string of the molecule is CCCOc1cc(NC(=O)N2CC=C(c3ncc(CN=O)cc3Cl)CC2)ccc1C(F)(F)F. The van der Waals surface area contributed by atoms with Crippen LogP contribution in [0.25, 0.3) is 5.57 Å². The quantitative estimate of drug-likeness (QED) is 0.481. The van der Waals surface area contributed by atoms with Crippen molar-refractivity contribution in [3.63, 3.8) is 0 Å². The number of nitrogens with zero attached hydrogens (tertiary/aromatic N) is 3. The van der Waals surface area contributed by atoms with Crippen molar-refractivity contribution in [3.8, 4) is 5.75 Å². The van der Waals surface area contributed by atoms with Gasteiger partial charge in [-0.3, -0.25) is 4.98 Å². The monoisotopic (exact) mass is 482 g/mol. The van der Waals surface area contributed by atoms with Crippen LogP contribution in [0.15, 0.2) is 41.7 Å². The second-order valence-electron chi connectivity index (χ2n) is 7.37. The summed E-state index contributed by atoms with van der Waals surface area (Å²) >= 11 is 6.27. The molecule has 3 rings (SSSR count). The van der Waals surface area contributed by atoms with E-state index in [0.717, 1.165) is 11.6 Å². The highest BCUT2D eigenvalue weighted by Crippen LogP contribution is 2.38. The molecular formula is C22H22ClF3N4O3. The maximum absolute atomic E-state index is 13.2. The van der Waals surface area contributed by atoms with Crippen molar-refractivity contribution in [1.29, 1.82) is 0 Å². The molecule has 1 aliphatic rings. The molecule has 0 fully saturated rings. The third-order valence-electron chi connectivity index (χ3n) is 4.95. The molecule has 0 saturated carbocycles. The van der Waals surface area contributed by atoms with Gasteiger partial charge in [0.25, 0.3) is 0 Å². The highest BCUT2D eigenvalue weighted by atomic mass is 35.5. The summed E-state index contributed by atoms with van der Waals surface area (Å²) in [5, 5.41) is 5.83. The van der Waals surface area contributed by atoms with E-state index in [1.54, 1.807) is 13.0 Å². The highest BCUT2D eigenvalue weighted by Gasteiger charge is 2.34. The van der Waals surface area contributed by atoms with Gasteiger partial charge in [-0.1, -0.05) is 29.8 Å². The first-order valence-electron chi connectivity index (χ1n) is 10.3. The fourth-order valence-electron chi connectivity index (χ4n) is 3.31. The van der Waals surface area contributed by atoms with E-state index in [9.17, 15) is 22.9 Å². The molecule has 0 radical (unpaired) electrons. The van der Waals surface area contributed by atoms with E-state index in [2.05, 4.69) is 15.5 Å². The van der Waals surface area contributed by atoms with E-state index < -0.39 is 17.8 Å². The van der Waals surface area contributed by atoms with Gasteiger partial charge in [0.1, 0.15) is 12.3 Å². The summed E-state index contributed by atoms with van der Waals surface area (Å²) < 4.78 is 44.9. The molecule has 176 valence electrons. The number of nitroso groups, excluding NO2 is 1. The molecule has 1 aromatic heterocycles. The Morgan fingerprint density at radius 2 is 2.12 bits per heavy atom. The van der Waals surface area contributed by atoms with E-state index in [-0.39, 0.29) is 31.1 Å². The van der Waals surface area contributed by atoms with Crippen molar-refractivity contribution in [2.45, 2.75) is 32.5 Å². The average Bonchev–Trinajstić information content (AvgIpc) is 2.77. The number of pyridine rings is 1. The van der Waals surface area contributed by atoms with Crippen LogP contribution in [-0.4, -0.2) is 35.6 Å². The van der Waals surface area contributed by atoms with Crippen molar-refractivity contribution < 1.29 is 22.7 Å². The van der Waals surface area contributed by atoms with Crippen LogP contribution in [0.4, 0.5) is 23.7 Å². The lowest BCUT2D eigenvalue weighted by Crippen LogP contribution is -2.38. The first-order chi connectivity index (χ1) is 15.7. The molecule has 2 heterocycles. The molecular weight excluding hydrogens is 461 g/mol. The fraction of sp³-hybridized carbons (Fsp3) is 0.364. The number of urea groups is 1. The predicted octanol–water partition coefficient (Wildman–Crippen LogP) is 6.13. The molecule has 33 heavy (non-hydrogen) atoms. The van der Waals surface area contributed by atoms with Gasteiger partial charge in [0.15, 0.2) is 0 Å². The number of hydrogen-bond acceptors (Lipinski definition) is 5. The maximum atomic E-state index is 13.2. The number of alkyl halides is 3. The van der Waals surface area contributed by atoms with Crippen LogP contribution in [-0.2, 0) is 12.7 Å². The summed E-state index contributed by atoms with van der Waals surface area (Å²) in [6, 6.07) is 4.46. The Labute approximate surface area is 193 Å². The van der Waals surface area contributed by atoms with E-state index >= 15 is 0 Å². The van der Waals surface area contributed by atoms with Gasteiger partial charge in [-0.15, -0.1) is 0 Å². The Balaban J connectivity index is 1.68. The summed E-state index contributed by atoms with van der Waals surface area (Å²) in [4.78, 5) is 28.9. The van der Waals surface area contributed by atoms with Crippen LogP contribution in [0, 0.1) is 4.91 Å². The number of carbonyl (C=O) groups excluding carboxylic acids is 1. The van der Waals surface area contributed by atoms with Crippen LogP contribution in [0.1, 0.15) is 36.6 Å². The van der Waals surface area contributed by atoms with E-state index in [1.165, 1.54) is 23.2 Å². The zero-order chi connectivity index (χ0) is 24.0. The lowest BCUT2D eigenvalue weighted by atomic mass is 10.0. The number of anilines is 1. The predicted molar refractivity (Wildman–Crippen MR) is 119 cm³/mol. The number of nitrogens with one attached hydrogen (secondary N) is 1. The largest absolute Gasteiger partial charge is 0.493 e. The molecule has 2 aromatic rings. The molecule has 0 bridgehead atoms. The summed E-state index contributed by atoms with van der Waals surface area (Å²) in [5.41, 5.74) is 1.36. The first-order valence-corrected chi connectivity index (χ1v) is 10.6. The van der Waals surface area contributed by atoms with Crippen molar-refractivity contribution in [2.75, 3.05) is 25.0 Å². The molecule has 11 heteroatoms. The van der Waals surface area contributed by atoms with Gasteiger partial charge in [-0.2, -0.15) is 18.1 Å². The Kier molecular flexibility index (Phi) is 7.91. The molecule has 0 aliphatic carbocycles. The molecule has 0 saturated heterocycles. The lowest BCUT2D eigenvalue weighted by molar-refractivity contribution is -0.138. The highest BCUT2D eigenvalue weighted by molar-refractivity contribution is 6.32. The second-order valence-corrected chi connectivity index (χ2v) is 7.78. The van der Waals surface area contributed by atoms with Crippen LogP contribution in [0.3, 0.4) is 0 Å². The molecule has 1 aromatic carbocycles. The van der Waals surface area contributed by atoms with Crippen LogP contribution >= 0.6 is 11.6 Å². The van der Waals surface area contributed by atoms with Crippen molar-refractivity contribution in [2.24, 2.45) is 5.18 Å².